The summed E-state index contributed by atoms with van der Waals surface area (Å²) in [7, 11) is -2.04. The molecule has 0 spiro atoms. The molecular formula is C11H17N5O2S. The van der Waals surface area contributed by atoms with E-state index in [-0.39, 0.29) is 17.4 Å². The van der Waals surface area contributed by atoms with Crippen LogP contribution >= 0.6 is 0 Å². The Morgan fingerprint density at radius 2 is 2.26 bits per heavy atom. The van der Waals surface area contributed by atoms with Gasteiger partial charge < -0.3 is 0 Å². The van der Waals surface area contributed by atoms with Gasteiger partial charge in [0.1, 0.15) is 11.6 Å². The van der Waals surface area contributed by atoms with Gasteiger partial charge in [-0.3, -0.25) is 9.40 Å². The van der Waals surface area contributed by atoms with E-state index in [0.717, 1.165) is 19.3 Å². The van der Waals surface area contributed by atoms with Crippen molar-refractivity contribution in [1.29, 1.82) is 5.26 Å². The molecule has 0 aliphatic carbocycles. The Morgan fingerprint density at radius 1 is 1.53 bits per heavy atom. The number of hydrogen-bond acceptors (Lipinski definition) is 4. The van der Waals surface area contributed by atoms with Crippen molar-refractivity contribution in [2.45, 2.75) is 32.2 Å². The van der Waals surface area contributed by atoms with Crippen molar-refractivity contribution < 1.29 is 8.42 Å². The molecule has 1 unspecified atom stereocenters. The van der Waals surface area contributed by atoms with Crippen molar-refractivity contribution in [3.8, 4) is 6.07 Å². The van der Waals surface area contributed by atoms with Gasteiger partial charge >= 0.3 is 10.2 Å². The molecule has 19 heavy (non-hydrogen) atoms. The van der Waals surface area contributed by atoms with Crippen LogP contribution in [0.25, 0.3) is 0 Å². The van der Waals surface area contributed by atoms with Gasteiger partial charge in [0.2, 0.25) is 0 Å². The second-order valence-corrected chi connectivity index (χ2v) is 6.33. The molecule has 7 nitrogen and oxygen atoms in total. The molecule has 0 amide bonds. The number of hydrogen-bond donors (Lipinski definition) is 1. The second kappa shape index (κ2) is 5.19. The lowest BCUT2D eigenvalue weighted by Gasteiger charge is -2.32. The summed E-state index contributed by atoms with van der Waals surface area (Å²) in [6.45, 7) is 2.41. The first kappa shape index (κ1) is 13.8. The standard InChI is InChI=1S/C11H17N5O2S/c1-9-5-3-4-6-16(9)19(17,18)14-11-10(7-12)8-13-15(11)2/h8-9,14H,3-6H2,1-2H3. The maximum atomic E-state index is 12.3. The van der Waals surface area contributed by atoms with Gasteiger partial charge in [0, 0.05) is 19.6 Å². The smallest absolute Gasteiger partial charge is 0.254 e. The van der Waals surface area contributed by atoms with Crippen LogP contribution in [0.15, 0.2) is 6.20 Å². The van der Waals surface area contributed by atoms with Crippen LogP contribution in [0.5, 0.6) is 0 Å². The Hall–Kier alpha value is -1.59. The minimum atomic E-state index is -3.64. The second-order valence-electron chi connectivity index (χ2n) is 4.70. The van der Waals surface area contributed by atoms with E-state index in [2.05, 4.69) is 9.82 Å². The van der Waals surface area contributed by atoms with Crippen molar-refractivity contribution in [1.82, 2.24) is 14.1 Å². The summed E-state index contributed by atoms with van der Waals surface area (Å²) in [5.74, 6) is 0.209. The van der Waals surface area contributed by atoms with Crippen LogP contribution in [0, 0.1) is 11.3 Å². The first-order valence-electron chi connectivity index (χ1n) is 6.17. The highest BCUT2D eigenvalue weighted by Crippen LogP contribution is 2.22. The zero-order valence-electron chi connectivity index (χ0n) is 11.0. The minimum Gasteiger partial charge on any atom is -0.254 e. The van der Waals surface area contributed by atoms with Crippen molar-refractivity contribution in [3.63, 3.8) is 0 Å². The van der Waals surface area contributed by atoms with Gasteiger partial charge in [0.25, 0.3) is 0 Å². The molecule has 1 fully saturated rings. The first-order valence-corrected chi connectivity index (χ1v) is 7.61. The average molecular weight is 283 g/mol. The third kappa shape index (κ3) is 2.72. The van der Waals surface area contributed by atoms with Crippen LogP contribution in [-0.2, 0) is 17.3 Å². The molecular weight excluding hydrogens is 266 g/mol. The van der Waals surface area contributed by atoms with E-state index in [1.165, 1.54) is 15.2 Å². The molecule has 2 rings (SSSR count). The Balaban J connectivity index is 2.26. The maximum absolute atomic E-state index is 12.3. The molecule has 0 bridgehead atoms. The predicted octanol–water partition coefficient (Wildman–Crippen LogP) is 0.823. The van der Waals surface area contributed by atoms with Gasteiger partial charge in [-0.2, -0.15) is 23.1 Å². The van der Waals surface area contributed by atoms with Crippen molar-refractivity contribution in [3.05, 3.63) is 11.8 Å². The number of rotatable bonds is 3. The molecule has 1 atom stereocenters. The van der Waals surface area contributed by atoms with Gasteiger partial charge in [0.05, 0.1) is 6.20 Å². The lowest BCUT2D eigenvalue weighted by Crippen LogP contribution is -2.45. The summed E-state index contributed by atoms with van der Waals surface area (Å²) >= 11 is 0. The fraction of sp³-hybridized carbons (Fsp3) is 0.636. The Bertz CT molecular complexity index is 601. The lowest BCUT2D eigenvalue weighted by atomic mass is 10.1. The Morgan fingerprint density at radius 3 is 2.89 bits per heavy atom. The molecule has 1 aromatic rings. The van der Waals surface area contributed by atoms with E-state index in [9.17, 15) is 8.42 Å². The van der Waals surface area contributed by atoms with Gasteiger partial charge in [-0.15, -0.1) is 0 Å². The minimum absolute atomic E-state index is 0.0231. The third-order valence-corrected chi connectivity index (χ3v) is 4.95. The molecule has 1 aliphatic rings. The van der Waals surface area contributed by atoms with E-state index in [4.69, 9.17) is 5.26 Å². The van der Waals surface area contributed by atoms with E-state index in [1.54, 1.807) is 7.05 Å². The SMILES string of the molecule is CC1CCCCN1S(=O)(=O)Nc1c(C#N)cnn1C. The summed E-state index contributed by atoms with van der Waals surface area (Å²) in [4.78, 5) is 0. The van der Waals surface area contributed by atoms with Crippen LogP contribution in [0.4, 0.5) is 5.82 Å². The van der Waals surface area contributed by atoms with E-state index in [1.807, 2.05) is 13.0 Å². The van der Waals surface area contributed by atoms with Crippen molar-refractivity contribution in [2.24, 2.45) is 7.05 Å². The molecule has 104 valence electrons. The molecule has 2 heterocycles. The normalized spacial score (nSPS) is 21.0. The summed E-state index contributed by atoms with van der Waals surface area (Å²) < 4.78 is 30.0. The number of nitriles is 1. The van der Waals surface area contributed by atoms with Crippen LogP contribution in [-0.4, -0.2) is 35.1 Å². The number of nitrogens with one attached hydrogen (secondary N) is 1. The van der Waals surface area contributed by atoms with Crippen molar-refractivity contribution >= 4 is 16.0 Å². The Labute approximate surface area is 113 Å². The van der Waals surface area contributed by atoms with Crippen LogP contribution in [0.3, 0.4) is 0 Å². The first-order chi connectivity index (χ1) is 8.95. The number of nitrogens with zero attached hydrogens (tertiary/aromatic N) is 4. The number of aromatic nitrogens is 2. The number of anilines is 1. The topological polar surface area (TPSA) is 91.0 Å². The number of piperidine rings is 1. The maximum Gasteiger partial charge on any atom is 0.303 e. The predicted molar refractivity (Wildman–Crippen MR) is 70.5 cm³/mol. The van der Waals surface area contributed by atoms with E-state index in [0.29, 0.717) is 6.54 Å². The van der Waals surface area contributed by atoms with Crippen LogP contribution in [0.1, 0.15) is 31.7 Å². The molecule has 1 aliphatic heterocycles. The molecule has 1 aromatic heterocycles. The quantitative estimate of drug-likeness (QED) is 0.889. The molecule has 1 saturated heterocycles. The van der Waals surface area contributed by atoms with Gasteiger partial charge in [0.15, 0.2) is 5.82 Å². The summed E-state index contributed by atoms with van der Waals surface area (Å²) in [5.41, 5.74) is 0.218. The van der Waals surface area contributed by atoms with Crippen molar-refractivity contribution in [2.75, 3.05) is 11.3 Å². The van der Waals surface area contributed by atoms with Gasteiger partial charge in [-0.1, -0.05) is 6.42 Å². The van der Waals surface area contributed by atoms with Crippen LogP contribution in [0.2, 0.25) is 0 Å². The van der Waals surface area contributed by atoms with Crippen LogP contribution < -0.4 is 4.72 Å². The monoisotopic (exact) mass is 283 g/mol. The molecule has 0 radical (unpaired) electrons. The van der Waals surface area contributed by atoms with E-state index >= 15 is 0 Å². The number of aryl methyl sites for hydroxylation is 1. The third-order valence-electron chi connectivity index (χ3n) is 3.34. The average Bonchev–Trinajstić information content (AvgIpc) is 2.70. The largest absolute Gasteiger partial charge is 0.303 e. The fourth-order valence-electron chi connectivity index (χ4n) is 2.25. The van der Waals surface area contributed by atoms with Gasteiger partial charge in [-0.25, -0.2) is 0 Å². The summed E-state index contributed by atoms with van der Waals surface area (Å²) in [6.07, 6.45) is 4.11. The molecule has 0 aromatic carbocycles. The molecule has 0 saturated carbocycles. The highest BCUT2D eigenvalue weighted by atomic mass is 32.2. The fourth-order valence-corrected chi connectivity index (χ4v) is 3.80. The summed E-state index contributed by atoms with van der Waals surface area (Å²) in [6, 6.07) is 1.90. The zero-order chi connectivity index (χ0) is 14.0. The summed E-state index contributed by atoms with van der Waals surface area (Å²) in [5, 5.41) is 12.8. The molecule has 8 heteroatoms. The zero-order valence-corrected chi connectivity index (χ0v) is 11.8. The lowest BCUT2D eigenvalue weighted by molar-refractivity contribution is 0.270. The highest BCUT2D eigenvalue weighted by molar-refractivity contribution is 7.90. The van der Waals surface area contributed by atoms with Gasteiger partial charge in [-0.05, 0) is 19.8 Å². The molecule has 1 N–H and O–H groups in total. The highest BCUT2D eigenvalue weighted by Gasteiger charge is 2.30. The van der Waals surface area contributed by atoms with E-state index < -0.39 is 10.2 Å². The Kier molecular flexibility index (Phi) is 3.78.